The van der Waals surface area contributed by atoms with Gasteiger partial charge in [0.15, 0.2) is 0 Å². The Morgan fingerprint density at radius 3 is 2.17 bits per heavy atom. The number of aromatic nitrogens is 4. The summed E-state index contributed by atoms with van der Waals surface area (Å²) in [7, 11) is 0. The molecule has 6 heteroatoms. The first-order valence-electron chi connectivity index (χ1n) is 11.5. The molecule has 4 aliphatic heterocycles. The van der Waals surface area contributed by atoms with Crippen molar-refractivity contribution in [2.24, 2.45) is 0 Å². The third-order valence-corrected chi connectivity index (χ3v) is 7.37. The first-order chi connectivity index (χ1) is 14.8. The Balaban J connectivity index is 0.000000128. The first kappa shape index (κ1) is 19.6. The van der Waals surface area contributed by atoms with Gasteiger partial charge in [-0.15, -0.1) is 0 Å². The molecule has 2 N–H and O–H groups in total. The van der Waals surface area contributed by atoms with Crippen LogP contribution in [-0.2, 0) is 0 Å². The molecule has 6 nitrogen and oxygen atoms in total. The summed E-state index contributed by atoms with van der Waals surface area (Å²) in [5.74, 6) is 6.68. The van der Waals surface area contributed by atoms with Gasteiger partial charge >= 0.3 is 0 Å². The maximum atomic E-state index is 4.03. The number of imidazole rings is 2. The largest absolute Gasteiger partial charge is 0.345 e. The van der Waals surface area contributed by atoms with Crippen LogP contribution in [0.5, 0.6) is 0 Å². The van der Waals surface area contributed by atoms with Gasteiger partial charge in [0.2, 0.25) is 0 Å². The standard InChI is InChI=1S/C12H17N3.C12H15N3/c2*1-4-12(5-2-8-15(12)7-1)6-3-11-9-13-10-14-11/h3,6,9-10H,1-2,4-5,7-8H2,(H,13,14);9-10H,1-2,4-5,7-8H2,(H,13,14). The van der Waals surface area contributed by atoms with Gasteiger partial charge in [0.25, 0.3) is 0 Å². The number of H-pyrrole nitrogens is 2. The molecular formula is C24H32N6. The van der Waals surface area contributed by atoms with E-state index >= 15 is 0 Å². The lowest BCUT2D eigenvalue weighted by atomic mass is 9.93. The van der Waals surface area contributed by atoms with Gasteiger partial charge in [-0.05, 0) is 89.5 Å². The van der Waals surface area contributed by atoms with Gasteiger partial charge in [0, 0.05) is 5.54 Å². The second-order valence-corrected chi connectivity index (χ2v) is 9.08. The number of fused-ring (bicyclic) bond motifs is 2. The fraction of sp³-hybridized carbons (Fsp3) is 0.583. The van der Waals surface area contributed by atoms with Crippen molar-refractivity contribution in [2.75, 3.05) is 26.2 Å². The van der Waals surface area contributed by atoms with Crippen molar-refractivity contribution in [1.29, 1.82) is 0 Å². The minimum absolute atomic E-state index is 0.200. The third kappa shape index (κ3) is 3.84. The molecule has 0 bridgehead atoms. The molecule has 4 saturated heterocycles. The lowest BCUT2D eigenvalue weighted by molar-refractivity contribution is 0.251. The summed E-state index contributed by atoms with van der Waals surface area (Å²) >= 11 is 0. The van der Waals surface area contributed by atoms with E-state index in [9.17, 15) is 0 Å². The Labute approximate surface area is 179 Å². The lowest BCUT2D eigenvalue weighted by Crippen LogP contribution is -2.36. The van der Waals surface area contributed by atoms with Crippen molar-refractivity contribution in [1.82, 2.24) is 29.7 Å². The van der Waals surface area contributed by atoms with Crippen LogP contribution in [-0.4, -0.2) is 67.0 Å². The van der Waals surface area contributed by atoms with E-state index < -0.39 is 0 Å². The van der Waals surface area contributed by atoms with Gasteiger partial charge in [-0.25, -0.2) is 9.97 Å². The van der Waals surface area contributed by atoms with Gasteiger partial charge in [-0.2, -0.15) is 0 Å². The average molecular weight is 405 g/mol. The lowest BCUT2D eigenvalue weighted by Gasteiger charge is -2.28. The molecule has 2 aromatic rings. The highest BCUT2D eigenvalue weighted by molar-refractivity contribution is 5.46. The fourth-order valence-corrected chi connectivity index (χ4v) is 5.84. The van der Waals surface area contributed by atoms with Gasteiger partial charge in [0.1, 0.15) is 5.69 Å². The summed E-state index contributed by atoms with van der Waals surface area (Å²) in [6.07, 6.45) is 22.1. The minimum Gasteiger partial charge on any atom is -0.345 e. The zero-order valence-corrected chi connectivity index (χ0v) is 17.7. The molecule has 6 rings (SSSR count). The van der Waals surface area contributed by atoms with E-state index in [1.54, 1.807) is 18.9 Å². The molecule has 158 valence electrons. The number of hydrogen-bond donors (Lipinski definition) is 2. The van der Waals surface area contributed by atoms with Crippen LogP contribution in [0, 0.1) is 11.8 Å². The predicted molar refractivity (Wildman–Crippen MR) is 119 cm³/mol. The van der Waals surface area contributed by atoms with E-state index in [4.69, 9.17) is 0 Å². The maximum Gasteiger partial charge on any atom is 0.109 e. The SMILES string of the molecule is C(#CC12CCCN1CCC2)c1cnc[nH]1.C(=CC12CCCN1CCC2)c1cnc[nH]1. The van der Waals surface area contributed by atoms with Crippen LogP contribution in [0.4, 0.5) is 0 Å². The number of nitrogens with one attached hydrogen (secondary N) is 2. The van der Waals surface area contributed by atoms with Crippen LogP contribution < -0.4 is 0 Å². The highest BCUT2D eigenvalue weighted by Gasteiger charge is 2.43. The highest BCUT2D eigenvalue weighted by Crippen LogP contribution is 2.40. The first-order valence-corrected chi connectivity index (χ1v) is 11.5. The van der Waals surface area contributed by atoms with Crippen LogP contribution in [0.2, 0.25) is 0 Å². The van der Waals surface area contributed by atoms with E-state index in [1.807, 2.05) is 6.20 Å². The molecule has 4 fully saturated rings. The molecule has 0 unspecified atom stereocenters. The molecule has 2 aromatic heterocycles. The molecule has 0 atom stereocenters. The van der Waals surface area contributed by atoms with Crippen LogP contribution in [0.15, 0.2) is 31.1 Å². The van der Waals surface area contributed by atoms with Gasteiger partial charge in [-0.3, -0.25) is 9.80 Å². The number of nitrogens with zero attached hydrogens (tertiary/aromatic N) is 4. The summed E-state index contributed by atoms with van der Waals surface area (Å²) in [5, 5.41) is 0. The van der Waals surface area contributed by atoms with Crippen molar-refractivity contribution in [3.63, 3.8) is 0 Å². The zero-order chi connectivity index (χ0) is 20.3. The van der Waals surface area contributed by atoms with Crippen molar-refractivity contribution < 1.29 is 0 Å². The zero-order valence-electron chi connectivity index (χ0n) is 17.7. The van der Waals surface area contributed by atoms with Crippen LogP contribution in [0.25, 0.3) is 6.08 Å². The van der Waals surface area contributed by atoms with Crippen molar-refractivity contribution in [2.45, 2.75) is 62.4 Å². The van der Waals surface area contributed by atoms with Gasteiger partial charge in [0.05, 0.1) is 36.3 Å². The number of hydrogen-bond acceptors (Lipinski definition) is 4. The normalized spacial score (nSPS) is 24.3. The van der Waals surface area contributed by atoms with Crippen LogP contribution >= 0.6 is 0 Å². The van der Waals surface area contributed by atoms with Crippen molar-refractivity contribution >= 4 is 6.08 Å². The second-order valence-electron chi connectivity index (χ2n) is 9.08. The smallest absolute Gasteiger partial charge is 0.109 e. The molecular weight excluding hydrogens is 372 g/mol. The van der Waals surface area contributed by atoms with Gasteiger partial charge < -0.3 is 9.97 Å². The second kappa shape index (κ2) is 8.41. The van der Waals surface area contributed by atoms with E-state index in [-0.39, 0.29) is 5.54 Å². The minimum atomic E-state index is 0.200. The molecule has 6 heterocycles. The van der Waals surface area contributed by atoms with Crippen LogP contribution in [0.1, 0.15) is 62.8 Å². The number of rotatable bonds is 2. The monoisotopic (exact) mass is 404 g/mol. The summed E-state index contributed by atoms with van der Waals surface area (Å²) < 4.78 is 0. The molecule has 0 saturated carbocycles. The van der Waals surface area contributed by atoms with E-state index in [0.29, 0.717) is 5.54 Å². The van der Waals surface area contributed by atoms with Gasteiger partial charge in [-0.1, -0.05) is 12.0 Å². The summed E-state index contributed by atoms with van der Waals surface area (Å²) in [6, 6.07) is 0. The fourth-order valence-electron chi connectivity index (χ4n) is 5.84. The third-order valence-electron chi connectivity index (χ3n) is 7.37. The van der Waals surface area contributed by atoms with E-state index in [1.165, 1.54) is 77.5 Å². The van der Waals surface area contributed by atoms with Crippen LogP contribution in [0.3, 0.4) is 0 Å². The Bertz CT molecular complexity index is 881. The molecule has 0 aromatic carbocycles. The van der Waals surface area contributed by atoms with E-state index in [2.05, 4.69) is 53.7 Å². The number of aromatic amines is 2. The Kier molecular flexibility index (Phi) is 5.49. The Morgan fingerprint density at radius 1 is 0.833 bits per heavy atom. The van der Waals surface area contributed by atoms with E-state index in [0.717, 1.165) is 11.4 Å². The molecule has 30 heavy (non-hydrogen) atoms. The molecule has 0 spiro atoms. The highest BCUT2D eigenvalue weighted by atomic mass is 15.2. The topological polar surface area (TPSA) is 63.8 Å². The van der Waals surface area contributed by atoms with Crippen molar-refractivity contribution in [3.8, 4) is 11.8 Å². The Morgan fingerprint density at radius 2 is 1.50 bits per heavy atom. The van der Waals surface area contributed by atoms with Crippen molar-refractivity contribution in [3.05, 3.63) is 42.5 Å². The summed E-state index contributed by atoms with van der Waals surface area (Å²) in [6.45, 7) is 5.04. The molecule has 0 aliphatic carbocycles. The molecule has 0 radical (unpaired) electrons. The summed E-state index contributed by atoms with van der Waals surface area (Å²) in [4.78, 5) is 19.4. The Hall–Kier alpha value is -2.36. The predicted octanol–water partition coefficient (Wildman–Crippen LogP) is 3.44. The average Bonchev–Trinajstić information content (AvgIpc) is 3.56. The summed E-state index contributed by atoms with van der Waals surface area (Å²) in [5.41, 5.74) is 2.63. The molecule has 4 aliphatic rings. The molecule has 0 amide bonds. The maximum absolute atomic E-state index is 4.03. The quantitative estimate of drug-likeness (QED) is 0.753.